The Morgan fingerprint density at radius 1 is 1.50 bits per heavy atom. The lowest BCUT2D eigenvalue weighted by Gasteiger charge is -2.06. The normalized spacial score (nSPS) is 9.69. The van der Waals surface area contributed by atoms with Gasteiger partial charge in [0, 0.05) is 11.9 Å². The Morgan fingerprint density at radius 3 is 2.75 bits per heavy atom. The molecule has 0 aliphatic heterocycles. The summed E-state index contributed by atoms with van der Waals surface area (Å²) < 4.78 is 17.6. The number of hydrogen-bond donors (Lipinski definition) is 1. The van der Waals surface area contributed by atoms with Crippen molar-refractivity contribution in [1.29, 1.82) is 0 Å². The van der Waals surface area contributed by atoms with Crippen LogP contribution in [0.1, 0.15) is 6.92 Å². The average molecular weight is 246 g/mol. The first-order valence-corrected chi connectivity index (χ1v) is 4.75. The number of hydrogen-bond acceptors (Lipinski definition) is 3. The van der Waals surface area contributed by atoms with Crippen molar-refractivity contribution < 1.29 is 18.7 Å². The van der Waals surface area contributed by atoms with Crippen LogP contribution in [-0.2, 0) is 14.3 Å². The predicted molar refractivity (Wildman–Crippen MR) is 56.7 cm³/mol. The summed E-state index contributed by atoms with van der Waals surface area (Å²) in [7, 11) is 0. The molecule has 1 N–H and O–H groups in total. The SMILES string of the molecule is CC(=O)OCC(=O)Nc1ccc(Cl)cc1F. The van der Waals surface area contributed by atoms with Crippen LogP contribution in [0.25, 0.3) is 0 Å². The van der Waals surface area contributed by atoms with E-state index in [9.17, 15) is 14.0 Å². The topological polar surface area (TPSA) is 55.4 Å². The number of esters is 1. The van der Waals surface area contributed by atoms with Gasteiger partial charge in [0.05, 0.1) is 5.69 Å². The molecule has 6 heteroatoms. The lowest BCUT2D eigenvalue weighted by molar-refractivity contribution is -0.144. The van der Waals surface area contributed by atoms with Crippen LogP contribution in [-0.4, -0.2) is 18.5 Å². The minimum Gasteiger partial charge on any atom is -0.456 e. The number of halogens is 2. The van der Waals surface area contributed by atoms with Gasteiger partial charge in [-0.1, -0.05) is 11.6 Å². The van der Waals surface area contributed by atoms with Gasteiger partial charge in [0.1, 0.15) is 5.82 Å². The zero-order chi connectivity index (χ0) is 12.1. The highest BCUT2D eigenvalue weighted by atomic mass is 35.5. The monoisotopic (exact) mass is 245 g/mol. The first kappa shape index (κ1) is 12.4. The van der Waals surface area contributed by atoms with Gasteiger partial charge in [-0.3, -0.25) is 9.59 Å². The summed E-state index contributed by atoms with van der Waals surface area (Å²) in [5, 5.41) is 2.47. The number of nitrogens with one attached hydrogen (secondary N) is 1. The molecule has 0 saturated carbocycles. The fourth-order valence-electron chi connectivity index (χ4n) is 0.944. The second kappa shape index (κ2) is 5.46. The van der Waals surface area contributed by atoms with Crippen molar-refractivity contribution in [2.24, 2.45) is 0 Å². The second-order valence-corrected chi connectivity index (χ2v) is 3.39. The van der Waals surface area contributed by atoms with Crippen molar-refractivity contribution >= 4 is 29.2 Å². The zero-order valence-corrected chi connectivity index (χ0v) is 9.18. The number of rotatable bonds is 3. The second-order valence-electron chi connectivity index (χ2n) is 2.95. The van der Waals surface area contributed by atoms with E-state index in [1.54, 1.807) is 0 Å². The van der Waals surface area contributed by atoms with Crippen molar-refractivity contribution in [3.05, 3.63) is 29.0 Å². The molecule has 86 valence electrons. The molecular weight excluding hydrogens is 237 g/mol. The van der Waals surface area contributed by atoms with Gasteiger partial charge in [-0.25, -0.2) is 4.39 Å². The minimum atomic E-state index is -0.649. The minimum absolute atomic E-state index is 0.0125. The van der Waals surface area contributed by atoms with Crippen molar-refractivity contribution in [3.63, 3.8) is 0 Å². The van der Waals surface area contributed by atoms with E-state index in [0.29, 0.717) is 0 Å². The largest absolute Gasteiger partial charge is 0.456 e. The van der Waals surface area contributed by atoms with E-state index in [-0.39, 0.29) is 10.7 Å². The van der Waals surface area contributed by atoms with Gasteiger partial charge in [0.25, 0.3) is 5.91 Å². The highest BCUT2D eigenvalue weighted by Gasteiger charge is 2.08. The molecule has 1 amide bonds. The molecule has 0 bridgehead atoms. The fourth-order valence-corrected chi connectivity index (χ4v) is 1.10. The molecule has 0 unspecified atom stereocenters. The lowest BCUT2D eigenvalue weighted by Crippen LogP contribution is -2.20. The molecule has 0 aliphatic carbocycles. The van der Waals surface area contributed by atoms with E-state index in [2.05, 4.69) is 10.1 Å². The van der Waals surface area contributed by atoms with Gasteiger partial charge in [-0.15, -0.1) is 0 Å². The summed E-state index contributed by atoms with van der Waals surface area (Å²) in [6.07, 6.45) is 0. The van der Waals surface area contributed by atoms with Gasteiger partial charge in [-0.2, -0.15) is 0 Å². The van der Waals surface area contributed by atoms with Crippen molar-refractivity contribution in [2.45, 2.75) is 6.92 Å². The molecule has 1 rings (SSSR count). The molecule has 4 nitrogen and oxygen atoms in total. The van der Waals surface area contributed by atoms with E-state index in [4.69, 9.17) is 11.6 Å². The van der Waals surface area contributed by atoms with Gasteiger partial charge >= 0.3 is 5.97 Å². The molecule has 0 spiro atoms. The first-order valence-electron chi connectivity index (χ1n) is 4.37. The highest BCUT2D eigenvalue weighted by Crippen LogP contribution is 2.18. The molecule has 0 fully saturated rings. The number of ether oxygens (including phenoxy) is 1. The van der Waals surface area contributed by atoms with Crippen LogP contribution in [0.4, 0.5) is 10.1 Å². The number of benzene rings is 1. The molecule has 0 saturated heterocycles. The van der Waals surface area contributed by atoms with E-state index in [1.165, 1.54) is 19.1 Å². The Hall–Kier alpha value is -1.62. The summed E-state index contributed by atoms with van der Waals surface area (Å²) in [4.78, 5) is 21.6. The van der Waals surface area contributed by atoms with Gasteiger partial charge < -0.3 is 10.1 Å². The van der Waals surface area contributed by atoms with Crippen LogP contribution in [0.3, 0.4) is 0 Å². The summed E-state index contributed by atoms with van der Waals surface area (Å²) in [6.45, 7) is 0.730. The van der Waals surface area contributed by atoms with Gasteiger partial charge in [0.15, 0.2) is 6.61 Å². The van der Waals surface area contributed by atoms with Crippen LogP contribution in [0.5, 0.6) is 0 Å². The van der Waals surface area contributed by atoms with E-state index >= 15 is 0 Å². The molecule has 0 aromatic heterocycles. The number of carbonyl (C=O) groups excluding carboxylic acids is 2. The first-order chi connectivity index (χ1) is 7.49. The van der Waals surface area contributed by atoms with Gasteiger partial charge in [-0.05, 0) is 18.2 Å². The van der Waals surface area contributed by atoms with E-state index in [0.717, 1.165) is 6.07 Å². The van der Waals surface area contributed by atoms with E-state index < -0.39 is 24.3 Å². The lowest BCUT2D eigenvalue weighted by atomic mass is 10.3. The smallest absolute Gasteiger partial charge is 0.303 e. The molecule has 0 heterocycles. The molecule has 1 aromatic rings. The van der Waals surface area contributed by atoms with Crippen LogP contribution in [0, 0.1) is 5.82 Å². The zero-order valence-electron chi connectivity index (χ0n) is 8.42. The quantitative estimate of drug-likeness (QED) is 0.829. The Kier molecular flexibility index (Phi) is 4.25. The third-order valence-electron chi connectivity index (χ3n) is 1.61. The molecule has 0 radical (unpaired) electrons. The Labute approximate surface area is 96.3 Å². The standard InChI is InChI=1S/C10H9ClFNO3/c1-6(14)16-5-10(15)13-9-3-2-7(11)4-8(9)12/h2-4H,5H2,1H3,(H,13,15). The highest BCUT2D eigenvalue weighted by molar-refractivity contribution is 6.30. The molecule has 1 aromatic carbocycles. The average Bonchev–Trinajstić information content (AvgIpc) is 2.19. The third kappa shape index (κ3) is 3.86. The molecule has 16 heavy (non-hydrogen) atoms. The Morgan fingerprint density at radius 2 is 2.19 bits per heavy atom. The summed E-state index contributed by atoms with van der Waals surface area (Å²) in [5.41, 5.74) is -0.0125. The van der Waals surface area contributed by atoms with Crippen molar-refractivity contribution in [3.8, 4) is 0 Å². The van der Waals surface area contributed by atoms with Crippen LogP contribution in [0.2, 0.25) is 5.02 Å². The maximum atomic E-state index is 13.2. The van der Waals surface area contributed by atoms with E-state index in [1.807, 2.05) is 0 Å². The third-order valence-corrected chi connectivity index (χ3v) is 1.85. The van der Waals surface area contributed by atoms with Crippen molar-refractivity contribution in [1.82, 2.24) is 0 Å². The fraction of sp³-hybridized carbons (Fsp3) is 0.200. The maximum absolute atomic E-state index is 13.2. The molecule has 0 aliphatic rings. The maximum Gasteiger partial charge on any atom is 0.303 e. The molecular formula is C10H9ClFNO3. The predicted octanol–water partition coefficient (Wildman–Crippen LogP) is 1.98. The number of anilines is 1. The number of amides is 1. The number of carbonyl (C=O) groups is 2. The summed E-state index contributed by atoms with van der Waals surface area (Å²) in [6, 6.07) is 3.83. The Bertz CT molecular complexity index is 423. The summed E-state index contributed by atoms with van der Waals surface area (Å²) >= 11 is 5.53. The Balaban J connectivity index is 2.59. The van der Waals surface area contributed by atoms with Crippen LogP contribution < -0.4 is 5.32 Å². The van der Waals surface area contributed by atoms with Gasteiger partial charge in [0.2, 0.25) is 0 Å². The van der Waals surface area contributed by atoms with Crippen LogP contribution >= 0.6 is 11.6 Å². The van der Waals surface area contributed by atoms with Crippen molar-refractivity contribution in [2.75, 3.05) is 11.9 Å². The van der Waals surface area contributed by atoms with Crippen LogP contribution in [0.15, 0.2) is 18.2 Å². The molecule has 0 atom stereocenters. The summed E-state index contributed by atoms with van der Waals surface area (Å²) in [5.74, 6) is -1.84.